The predicted octanol–water partition coefficient (Wildman–Crippen LogP) is 5.41. The Hall–Kier alpha value is -0.980. The van der Waals surface area contributed by atoms with Crippen LogP contribution in [0.15, 0.2) is 24.3 Å². The highest BCUT2D eigenvalue weighted by molar-refractivity contribution is 5.44. The summed E-state index contributed by atoms with van der Waals surface area (Å²) in [5.74, 6) is 0.901. The smallest absolute Gasteiger partial charge is 0.0340 e. The maximum atomic E-state index is 3.61. The zero-order valence-corrected chi connectivity index (χ0v) is 12.5. The van der Waals surface area contributed by atoms with Crippen LogP contribution in [0.25, 0.3) is 0 Å². The standard InChI is InChI=1S/C18H29N/c1-2-3-5-8-16-11-13-18(14-12-16)19-15-17-9-6-4-7-10-17/h11-14,17,19H,2-10,15H2,1H3. The van der Waals surface area contributed by atoms with Gasteiger partial charge in [-0.25, -0.2) is 0 Å². The zero-order chi connectivity index (χ0) is 13.3. The molecular formula is C18H29N. The van der Waals surface area contributed by atoms with Gasteiger partial charge in [0.15, 0.2) is 0 Å². The number of hydrogen-bond donors (Lipinski definition) is 1. The van der Waals surface area contributed by atoms with Gasteiger partial charge in [-0.1, -0.05) is 51.2 Å². The highest BCUT2D eigenvalue weighted by atomic mass is 14.9. The first-order valence-electron chi connectivity index (χ1n) is 8.21. The fourth-order valence-electron chi connectivity index (χ4n) is 3.02. The van der Waals surface area contributed by atoms with E-state index >= 15 is 0 Å². The van der Waals surface area contributed by atoms with E-state index in [-0.39, 0.29) is 0 Å². The lowest BCUT2D eigenvalue weighted by Crippen LogP contribution is -2.17. The molecule has 1 saturated carbocycles. The van der Waals surface area contributed by atoms with Gasteiger partial charge in [0.05, 0.1) is 0 Å². The fraction of sp³-hybridized carbons (Fsp3) is 0.667. The Morgan fingerprint density at radius 2 is 1.74 bits per heavy atom. The summed E-state index contributed by atoms with van der Waals surface area (Å²) in [5.41, 5.74) is 2.78. The van der Waals surface area contributed by atoms with Crippen LogP contribution in [0.4, 0.5) is 5.69 Å². The van der Waals surface area contributed by atoms with Crippen molar-refractivity contribution in [3.05, 3.63) is 29.8 Å². The molecule has 1 aliphatic rings. The molecule has 0 radical (unpaired) electrons. The van der Waals surface area contributed by atoms with Crippen molar-refractivity contribution in [2.75, 3.05) is 11.9 Å². The molecule has 0 saturated heterocycles. The van der Waals surface area contributed by atoms with E-state index in [2.05, 4.69) is 36.5 Å². The summed E-state index contributed by atoms with van der Waals surface area (Å²) in [6.45, 7) is 3.42. The number of rotatable bonds is 7. The molecule has 0 atom stereocenters. The Balaban J connectivity index is 1.71. The summed E-state index contributed by atoms with van der Waals surface area (Å²) in [6, 6.07) is 9.09. The third-order valence-electron chi connectivity index (χ3n) is 4.34. The average Bonchev–Trinajstić information content (AvgIpc) is 2.48. The molecular weight excluding hydrogens is 230 g/mol. The first kappa shape index (κ1) is 14.4. The van der Waals surface area contributed by atoms with Crippen LogP contribution in [0.1, 0.15) is 63.9 Å². The molecule has 0 spiro atoms. The van der Waals surface area contributed by atoms with Gasteiger partial charge in [-0.15, -0.1) is 0 Å². The topological polar surface area (TPSA) is 12.0 Å². The monoisotopic (exact) mass is 259 g/mol. The van der Waals surface area contributed by atoms with Crippen molar-refractivity contribution in [3.8, 4) is 0 Å². The fourth-order valence-corrected chi connectivity index (χ4v) is 3.02. The lowest BCUT2D eigenvalue weighted by Gasteiger charge is -2.22. The van der Waals surface area contributed by atoms with E-state index in [9.17, 15) is 0 Å². The van der Waals surface area contributed by atoms with E-state index in [4.69, 9.17) is 0 Å². The van der Waals surface area contributed by atoms with Gasteiger partial charge in [-0.2, -0.15) is 0 Å². The second kappa shape index (κ2) is 8.24. The SMILES string of the molecule is CCCCCc1ccc(NCC2CCCCC2)cc1. The molecule has 0 bridgehead atoms. The van der Waals surface area contributed by atoms with Crippen molar-refractivity contribution in [2.24, 2.45) is 5.92 Å². The molecule has 1 N–H and O–H groups in total. The maximum Gasteiger partial charge on any atom is 0.0340 e. The summed E-state index contributed by atoms with van der Waals surface area (Å²) in [7, 11) is 0. The first-order chi connectivity index (χ1) is 9.38. The second-order valence-corrected chi connectivity index (χ2v) is 6.04. The van der Waals surface area contributed by atoms with Gasteiger partial charge in [0.1, 0.15) is 0 Å². The number of nitrogens with one attached hydrogen (secondary N) is 1. The minimum atomic E-state index is 0.901. The van der Waals surface area contributed by atoms with Gasteiger partial charge in [0.25, 0.3) is 0 Å². The third kappa shape index (κ3) is 5.26. The van der Waals surface area contributed by atoms with E-state index < -0.39 is 0 Å². The number of benzene rings is 1. The Morgan fingerprint density at radius 3 is 2.42 bits per heavy atom. The van der Waals surface area contributed by atoms with Gasteiger partial charge in [-0.05, 0) is 49.3 Å². The Bertz CT molecular complexity index is 335. The van der Waals surface area contributed by atoms with E-state index in [1.165, 1.54) is 69.0 Å². The number of anilines is 1. The number of unbranched alkanes of at least 4 members (excludes halogenated alkanes) is 2. The van der Waals surface area contributed by atoms with Gasteiger partial charge in [-0.3, -0.25) is 0 Å². The van der Waals surface area contributed by atoms with Crippen LogP contribution in [0.5, 0.6) is 0 Å². The highest BCUT2D eigenvalue weighted by Crippen LogP contribution is 2.24. The molecule has 2 rings (SSSR count). The minimum Gasteiger partial charge on any atom is -0.385 e. The Labute approximate surface area is 118 Å². The molecule has 0 amide bonds. The summed E-state index contributed by atoms with van der Waals surface area (Å²) in [4.78, 5) is 0. The summed E-state index contributed by atoms with van der Waals surface area (Å²) < 4.78 is 0. The van der Waals surface area contributed by atoms with Crippen molar-refractivity contribution in [1.82, 2.24) is 0 Å². The van der Waals surface area contributed by atoms with Crippen LogP contribution in [0.3, 0.4) is 0 Å². The molecule has 19 heavy (non-hydrogen) atoms. The van der Waals surface area contributed by atoms with E-state index in [1.54, 1.807) is 0 Å². The summed E-state index contributed by atoms with van der Waals surface area (Å²) in [6.07, 6.45) is 12.4. The molecule has 1 aromatic rings. The van der Waals surface area contributed by atoms with E-state index in [1.807, 2.05) is 0 Å². The van der Waals surface area contributed by atoms with Gasteiger partial charge in [0.2, 0.25) is 0 Å². The molecule has 0 unspecified atom stereocenters. The van der Waals surface area contributed by atoms with Crippen LogP contribution < -0.4 is 5.32 Å². The minimum absolute atomic E-state index is 0.901. The van der Waals surface area contributed by atoms with Crippen LogP contribution >= 0.6 is 0 Å². The second-order valence-electron chi connectivity index (χ2n) is 6.04. The largest absolute Gasteiger partial charge is 0.385 e. The van der Waals surface area contributed by atoms with Gasteiger partial charge in [0, 0.05) is 12.2 Å². The van der Waals surface area contributed by atoms with Crippen LogP contribution in [-0.2, 0) is 6.42 Å². The molecule has 0 heterocycles. The van der Waals surface area contributed by atoms with Gasteiger partial charge < -0.3 is 5.32 Å². The average molecular weight is 259 g/mol. The molecule has 106 valence electrons. The Kier molecular flexibility index (Phi) is 6.26. The molecule has 0 aliphatic heterocycles. The van der Waals surface area contributed by atoms with E-state index in [0.717, 1.165) is 12.5 Å². The third-order valence-corrected chi connectivity index (χ3v) is 4.34. The Morgan fingerprint density at radius 1 is 1.00 bits per heavy atom. The molecule has 1 aromatic carbocycles. The van der Waals surface area contributed by atoms with Crippen LogP contribution in [-0.4, -0.2) is 6.54 Å². The van der Waals surface area contributed by atoms with Crippen molar-refractivity contribution in [2.45, 2.75) is 64.7 Å². The quantitative estimate of drug-likeness (QED) is 0.645. The number of aryl methyl sites for hydroxylation is 1. The normalized spacial score (nSPS) is 16.5. The van der Waals surface area contributed by atoms with Crippen molar-refractivity contribution >= 4 is 5.69 Å². The van der Waals surface area contributed by atoms with Crippen LogP contribution in [0, 0.1) is 5.92 Å². The molecule has 1 fully saturated rings. The number of hydrogen-bond acceptors (Lipinski definition) is 1. The molecule has 1 heteroatoms. The molecule has 0 aromatic heterocycles. The molecule has 1 aliphatic carbocycles. The summed E-state index contributed by atoms with van der Waals surface area (Å²) >= 11 is 0. The van der Waals surface area contributed by atoms with Crippen LogP contribution in [0.2, 0.25) is 0 Å². The predicted molar refractivity (Wildman–Crippen MR) is 84.7 cm³/mol. The van der Waals surface area contributed by atoms with Gasteiger partial charge >= 0.3 is 0 Å². The highest BCUT2D eigenvalue weighted by Gasteiger charge is 2.12. The molecule has 1 nitrogen and oxygen atoms in total. The van der Waals surface area contributed by atoms with E-state index in [0.29, 0.717) is 0 Å². The maximum absolute atomic E-state index is 3.61. The van der Waals surface area contributed by atoms with Crippen molar-refractivity contribution < 1.29 is 0 Å². The summed E-state index contributed by atoms with van der Waals surface area (Å²) in [5, 5.41) is 3.61. The van der Waals surface area contributed by atoms with Crippen molar-refractivity contribution in [1.29, 1.82) is 0 Å². The zero-order valence-electron chi connectivity index (χ0n) is 12.5. The lowest BCUT2D eigenvalue weighted by molar-refractivity contribution is 0.373. The van der Waals surface area contributed by atoms with Crippen molar-refractivity contribution in [3.63, 3.8) is 0 Å². The first-order valence-corrected chi connectivity index (χ1v) is 8.21. The lowest BCUT2D eigenvalue weighted by atomic mass is 9.89.